The summed E-state index contributed by atoms with van der Waals surface area (Å²) < 4.78 is 1.12. The van der Waals surface area contributed by atoms with E-state index in [1.165, 1.54) is 33.6 Å². The molecule has 0 unspecified atom stereocenters. The molecule has 4 heteroatoms. The molecule has 0 fully saturated rings. The fraction of sp³-hybridized carbons (Fsp3) is 0.130. The highest BCUT2D eigenvalue weighted by molar-refractivity contribution is 7.22. The van der Waals surface area contributed by atoms with Gasteiger partial charge < -0.3 is 0 Å². The van der Waals surface area contributed by atoms with Crippen LogP contribution in [0.15, 0.2) is 66.7 Å². The number of carbonyl (C=O) groups is 1. The number of rotatable bonds is 4. The molecule has 0 bridgehead atoms. The van der Waals surface area contributed by atoms with Gasteiger partial charge in [0.25, 0.3) is 5.91 Å². The Balaban J connectivity index is 1.49. The van der Waals surface area contributed by atoms with E-state index in [1.807, 2.05) is 48.5 Å². The molecule has 1 N–H and O–H groups in total. The number of carbonyl (C=O) groups excluding carboxylic acids is 1. The third-order valence-corrected chi connectivity index (χ3v) is 5.63. The lowest BCUT2D eigenvalue weighted by Gasteiger charge is -2.05. The zero-order valence-electron chi connectivity index (χ0n) is 15.3. The molecule has 0 radical (unpaired) electrons. The molecule has 4 rings (SSSR count). The number of anilines is 1. The van der Waals surface area contributed by atoms with E-state index in [9.17, 15) is 4.79 Å². The van der Waals surface area contributed by atoms with Gasteiger partial charge >= 0.3 is 0 Å². The predicted molar refractivity (Wildman–Crippen MR) is 113 cm³/mol. The number of amides is 1. The van der Waals surface area contributed by atoms with Gasteiger partial charge in [-0.2, -0.15) is 0 Å². The molecular weight excluding hydrogens is 352 g/mol. The van der Waals surface area contributed by atoms with Gasteiger partial charge in [0, 0.05) is 5.56 Å². The van der Waals surface area contributed by atoms with Crippen LogP contribution in [0.1, 0.15) is 32.6 Å². The maximum absolute atomic E-state index is 12.6. The first kappa shape index (κ1) is 17.4. The molecule has 0 aliphatic heterocycles. The Hall–Kier alpha value is -2.98. The second-order valence-electron chi connectivity index (χ2n) is 6.76. The van der Waals surface area contributed by atoms with Crippen LogP contribution >= 0.6 is 11.3 Å². The average molecular weight is 372 g/mol. The summed E-state index contributed by atoms with van der Waals surface area (Å²) in [6.07, 6.45) is 0.860. The molecule has 3 nitrogen and oxygen atoms in total. The molecule has 0 saturated heterocycles. The number of hydrogen-bond donors (Lipinski definition) is 1. The van der Waals surface area contributed by atoms with Crippen LogP contribution in [-0.4, -0.2) is 10.9 Å². The Morgan fingerprint density at radius 3 is 2.41 bits per heavy atom. The highest BCUT2D eigenvalue weighted by Crippen LogP contribution is 2.30. The molecule has 0 atom stereocenters. The van der Waals surface area contributed by atoms with Crippen LogP contribution in [0, 0.1) is 13.8 Å². The van der Waals surface area contributed by atoms with Gasteiger partial charge in [-0.1, -0.05) is 59.9 Å². The quantitative estimate of drug-likeness (QED) is 0.495. The van der Waals surface area contributed by atoms with E-state index in [0.717, 1.165) is 16.6 Å². The van der Waals surface area contributed by atoms with Crippen LogP contribution in [0.25, 0.3) is 10.2 Å². The number of benzene rings is 3. The Morgan fingerprint density at radius 1 is 0.963 bits per heavy atom. The zero-order chi connectivity index (χ0) is 18.8. The van der Waals surface area contributed by atoms with Crippen molar-refractivity contribution < 1.29 is 4.79 Å². The summed E-state index contributed by atoms with van der Waals surface area (Å²) in [7, 11) is 0. The van der Waals surface area contributed by atoms with Crippen molar-refractivity contribution in [2.75, 3.05) is 5.32 Å². The number of aryl methyl sites for hydroxylation is 2. The summed E-state index contributed by atoms with van der Waals surface area (Å²) in [6.45, 7) is 4.13. The largest absolute Gasteiger partial charge is 0.298 e. The van der Waals surface area contributed by atoms with Crippen molar-refractivity contribution in [2.45, 2.75) is 20.3 Å². The van der Waals surface area contributed by atoms with Crippen molar-refractivity contribution in [1.82, 2.24) is 4.98 Å². The van der Waals surface area contributed by atoms with Crippen molar-refractivity contribution in [1.29, 1.82) is 0 Å². The summed E-state index contributed by atoms with van der Waals surface area (Å²) in [6, 6.07) is 22.3. The van der Waals surface area contributed by atoms with Gasteiger partial charge in [0.1, 0.15) is 0 Å². The average Bonchev–Trinajstić information content (AvgIpc) is 3.06. The number of thiazole rings is 1. The van der Waals surface area contributed by atoms with Crippen LogP contribution in [0.3, 0.4) is 0 Å². The Kier molecular flexibility index (Phi) is 4.73. The normalized spacial score (nSPS) is 10.9. The second kappa shape index (κ2) is 7.33. The Bertz CT molecular complexity index is 1100. The van der Waals surface area contributed by atoms with Crippen molar-refractivity contribution >= 4 is 32.6 Å². The predicted octanol–water partition coefficient (Wildman–Crippen LogP) is 5.76. The first-order chi connectivity index (χ1) is 13.1. The fourth-order valence-electron chi connectivity index (χ4n) is 3.20. The molecule has 0 aliphatic carbocycles. The lowest BCUT2D eigenvalue weighted by molar-refractivity contribution is 0.102. The third-order valence-electron chi connectivity index (χ3n) is 4.51. The lowest BCUT2D eigenvalue weighted by atomic mass is 10.0. The third kappa shape index (κ3) is 3.91. The van der Waals surface area contributed by atoms with E-state index in [1.54, 1.807) is 0 Å². The van der Waals surface area contributed by atoms with Crippen LogP contribution < -0.4 is 5.32 Å². The molecule has 0 aliphatic rings. The van der Waals surface area contributed by atoms with Gasteiger partial charge in [-0.3, -0.25) is 10.1 Å². The monoisotopic (exact) mass is 372 g/mol. The van der Waals surface area contributed by atoms with Gasteiger partial charge in [-0.15, -0.1) is 0 Å². The van der Waals surface area contributed by atoms with E-state index < -0.39 is 0 Å². The van der Waals surface area contributed by atoms with E-state index >= 15 is 0 Å². The molecule has 27 heavy (non-hydrogen) atoms. The van der Waals surface area contributed by atoms with Crippen LogP contribution in [0.4, 0.5) is 5.13 Å². The minimum Gasteiger partial charge on any atom is -0.298 e. The maximum Gasteiger partial charge on any atom is 0.257 e. The SMILES string of the molecule is Cc1cc(C)c2sc(NC(=O)c3ccc(Cc4ccccc4)cc3)nc2c1. The van der Waals surface area contributed by atoms with Crippen molar-refractivity contribution in [3.8, 4) is 0 Å². The second-order valence-corrected chi connectivity index (χ2v) is 7.76. The van der Waals surface area contributed by atoms with E-state index in [2.05, 4.69) is 42.3 Å². The van der Waals surface area contributed by atoms with Crippen molar-refractivity contribution in [3.63, 3.8) is 0 Å². The topological polar surface area (TPSA) is 42.0 Å². The smallest absolute Gasteiger partial charge is 0.257 e. The lowest BCUT2D eigenvalue weighted by Crippen LogP contribution is -2.11. The molecule has 1 aromatic heterocycles. The standard InChI is InChI=1S/C23H20N2OS/c1-15-12-16(2)21-20(13-15)24-23(27-21)25-22(26)19-10-8-18(9-11-19)14-17-6-4-3-5-7-17/h3-13H,14H2,1-2H3,(H,24,25,26). The summed E-state index contributed by atoms with van der Waals surface area (Å²) in [5.41, 5.74) is 6.38. The first-order valence-corrected chi connectivity index (χ1v) is 9.72. The van der Waals surface area contributed by atoms with Crippen LogP contribution in [0.2, 0.25) is 0 Å². The molecule has 4 aromatic rings. The Morgan fingerprint density at radius 2 is 1.67 bits per heavy atom. The summed E-state index contributed by atoms with van der Waals surface area (Å²) in [5.74, 6) is -0.130. The molecule has 1 heterocycles. The maximum atomic E-state index is 12.6. The van der Waals surface area contributed by atoms with Gasteiger partial charge in [-0.25, -0.2) is 4.98 Å². The van der Waals surface area contributed by atoms with Crippen molar-refractivity contribution in [3.05, 3.63) is 94.5 Å². The summed E-state index contributed by atoms with van der Waals surface area (Å²) in [4.78, 5) is 17.1. The molecule has 134 valence electrons. The Labute approximate surface area is 162 Å². The fourth-order valence-corrected chi connectivity index (χ4v) is 4.12. The number of nitrogens with zero attached hydrogens (tertiary/aromatic N) is 1. The number of hydrogen-bond acceptors (Lipinski definition) is 3. The van der Waals surface area contributed by atoms with Gasteiger partial charge in [-0.05, 0) is 60.7 Å². The van der Waals surface area contributed by atoms with E-state index in [4.69, 9.17) is 0 Å². The van der Waals surface area contributed by atoms with Gasteiger partial charge in [0.15, 0.2) is 5.13 Å². The molecular formula is C23H20N2OS. The number of aromatic nitrogens is 1. The highest BCUT2D eigenvalue weighted by atomic mass is 32.1. The summed E-state index contributed by atoms with van der Waals surface area (Å²) >= 11 is 1.52. The first-order valence-electron chi connectivity index (χ1n) is 8.90. The minimum absolute atomic E-state index is 0.130. The minimum atomic E-state index is -0.130. The van der Waals surface area contributed by atoms with E-state index in [-0.39, 0.29) is 5.91 Å². The molecule has 0 spiro atoms. The summed E-state index contributed by atoms with van der Waals surface area (Å²) in [5, 5.41) is 3.57. The highest BCUT2D eigenvalue weighted by Gasteiger charge is 2.11. The molecule has 3 aromatic carbocycles. The van der Waals surface area contributed by atoms with Gasteiger partial charge in [0.2, 0.25) is 0 Å². The van der Waals surface area contributed by atoms with E-state index in [0.29, 0.717) is 10.7 Å². The van der Waals surface area contributed by atoms with Crippen LogP contribution in [0.5, 0.6) is 0 Å². The molecule has 1 amide bonds. The molecule has 0 saturated carbocycles. The van der Waals surface area contributed by atoms with Gasteiger partial charge in [0.05, 0.1) is 10.2 Å². The zero-order valence-corrected chi connectivity index (χ0v) is 16.1. The number of fused-ring (bicyclic) bond motifs is 1. The van der Waals surface area contributed by atoms with Crippen molar-refractivity contribution in [2.24, 2.45) is 0 Å². The number of nitrogens with one attached hydrogen (secondary N) is 1. The van der Waals surface area contributed by atoms with Crippen LogP contribution in [-0.2, 0) is 6.42 Å².